The van der Waals surface area contributed by atoms with Crippen LogP contribution in [0.15, 0.2) is 115 Å². The van der Waals surface area contributed by atoms with Crippen molar-refractivity contribution < 1.29 is 68.2 Å². The van der Waals surface area contributed by atoms with E-state index in [1.165, 1.54) is 47.4 Å². The van der Waals surface area contributed by atoms with Crippen LogP contribution in [-0.4, -0.2) is 95.5 Å². The molecule has 0 amide bonds. The van der Waals surface area contributed by atoms with E-state index in [4.69, 9.17) is 21.4 Å². The molecule has 0 saturated heterocycles. The fourth-order valence-corrected chi connectivity index (χ4v) is 7.66. The number of carbonyl (C=O) groups is 1. The van der Waals surface area contributed by atoms with Crippen molar-refractivity contribution in [1.29, 1.82) is 0 Å². The maximum Gasteiger partial charge on any atom is 0.397 e. The van der Waals surface area contributed by atoms with E-state index in [9.17, 15) is 44.8 Å². The Morgan fingerprint density at radius 2 is 1.65 bits per heavy atom. The van der Waals surface area contributed by atoms with Gasteiger partial charge in [-0.1, -0.05) is 41.4 Å². The minimum absolute atomic E-state index is 0.0750. The number of nitrogens with zero attached hydrogens (tertiary/aromatic N) is 7. The van der Waals surface area contributed by atoms with E-state index in [1.54, 1.807) is 37.3 Å². The molecule has 7 N–H and O–H groups in total. The van der Waals surface area contributed by atoms with Gasteiger partial charge in [0.2, 0.25) is 23.0 Å². The molecule has 0 atom stereocenters. The second-order valence-electron chi connectivity index (χ2n) is 11.8. The second-order valence-corrected chi connectivity index (χ2v) is 17.6. The lowest BCUT2D eigenvalue weighted by atomic mass is 10.2. The van der Waals surface area contributed by atoms with Gasteiger partial charge in [0.05, 0.1) is 51.1 Å². The summed E-state index contributed by atoms with van der Waals surface area (Å²) < 4.78 is 99.7. The molecule has 0 aliphatic heterocycles. The number of aromatic hydroxyl groups is 1. The minimum atomic E-state index is -4.99. The Balaban J connectivity index is 1.51. The highest BCUT2D eigenvalue weighted by Crippen LogP contribution is 2.39. The largest absolute Gasteiger partial charge is 0.504 e. The van der Waals surface area contributed by atoms with Crippen LogP contribution in [0.3, 0.4) is 0 Å². The van der Waals surface area contributed by atoms with Crippen LogP contribution in [0.2, 0.25) is 5.28 Å². The molecule has 0 saturated carbocycles. The third-order valence-electron chi connectivity index (χ3n) is 7.78. The van der Waals surface area contributed by atoms with Gasteiger partial charge in [-0.2, -0.15) is 36.9 Å². The quantitative estimate of drug-likeness (QED) is 0.00767. The summed E-state index contributed by atoms with van der Waals surface area (Å²) in [6.45, 7) is 0.884. The zero-order chi connectivity index (χ0) is 45.2. The van der Waals surface area contributed by atoms with Crippen molar-refractivity contribution >= 4 is 100 Å². The van der Waals surface area contributed by atoms with E-state index in [2.05, 4.69) is 54.6 Å². The number of hydrazone groups is 1. The summed E-state index contributed by atoms with van der Waals surface area (Å²) >= 11 is 6.78. The van der Waals surface area contributed by atoms with E-state index in [-0.39, 0.29) is 45.1 Å². The monoisotopic (exact) mass is 955 g/mol. The number of nitrogens with one attached hydrogen (secondary N) is 2. The van der Waals surface area contributed by atoms with Gasteiger partial charge >= 0.3 is 16.4 Å². The molecule has 0 aliphatic rings. The van der Waals surface area contributed by atoms with Crippen molar-refractivity contribution in [3.05, 3.63) is 101 Å². The number of sulfone groups is 1. The van der Waals surface area contributed by atoms with Gasteiger partial charge in [-0.15, -0.1) is 14.6 Å². The lowest BCUT2D eigenvalue weighted by Gasteiger charge is -2.22. The molecule has 328 valence electrons. The van der Waals surface area contributed by atoms with Gasteiger partial charge in [-0.25, -0.2) is 22.7 Å². The lowest BCUT2D eigenvalue weighted by molar-refractivity contribution is -0.432. The molecule has 0 spiro atoms. The number of aromatic carboxylic acids is 1. The van der Waals surface area contributed by atoms with E-state index in [1.807, 2.05) is 0 Å². The van der Waals surface area contributed by atoms with Crippen molar-refractivity contribution in [3.63, 3.8) is 0 Å². The third kappa shape index (κ3) is 12.8. The number of carboxylic acids is 1. The zero-order valence-electron chi connectivity index (χ0n) is 31.2. The maximum absolute atomic E-state index is 12.9. The molecule has 0 unspecified atom stereocenters. The summed E-state index contributed by atoms with van der Waals surface area (Å²) in [5.41, 5.74) is 1.76. The van der Waals surface area contributed by atoms with Gasteiger partial charge in [0, 0.05) is 22.7 Å². The Bertz CT molecular complexity index is 2860. The van der Waals surface area contributed by atoms with E-state index in [0.717, 1.165) is 12.1 Å². The summed E-state index contributed by atoms with van der Waals surface area (Å²) in [6.07, 6.45) is 0. The molecule has 4 aromatic carbocycles. The predicted molar refractivity (Wildman–Crippen MR) is 220 cm³/mol. The van der Waals surface area contributed by atoms with Crippen LogP contribution in [0.25, 0.3) is 0 Å². The molecule has 0 radical (unpaired) electrons. The Hall–Kier alpha value is -5.92. The van der Waals surface area contributed by atoms with Crippen LogP contribution in [0, 0.1) is 0 Å². The van der Waals surface area contributed by atoms with Crippen LogP contribution >= 0.6 is 23.6 Å². The van der Waals surface area contributed by atoms with Crippen LogP contribution in [0.5, 0.6) is 5.75 Å². The Kier molecular flexibility index (Phi) is 15.4. The number of phenols is 1. The SMILES string of the molecule is CCN(c1cccc(S(=O)(=O)CCOS(=O)(=O)O)c1)c1nc(Cl)nc(Nc2cc(S(=O)(=O)O)cc(N=N/C(=N\Nc3cc(SOOO)ccc3C(=O)O)c3ccccc3)c2O)n1. The molecule has 1 aromatic heterocycles. The summed E-state index contributed by atoms with van der Waals surface area (Å²) in [5.74, 6) is -3.70. The van der Waals surface area contributed by atoms with Crippen molar-refractivity contribution in [2.24, 2.45) is 15.3 Å². The molecule has 0 aliphatic carbocycles. The average molecular weight is 956 g/mol. The van der Waals surface area contributed by atoms with Crippen LogP contribution in [0.1, 0.15) is 22.8 Å². The minimum Gasteiger partial charge on any atom is -0.504 e. The highest BCUT2D eigenvalue weighted by molar-refractivity contribution is 7.94. The fourth-order valence-electron chi connectivity index (χ4n) is 5.06. The normalized spacial score (nSPS) is 12.4. The van der Waals surface area contributed by atoms with Crippen LogP contribution < -0.4 is 15.6 Å². The number of carboxylic acid groups (broad SMARTS) is 1. The second kappa shape index (κ2) is 20.3. The zero-order valence-corrected chi connectivity index (χ0v) is 35.2. The van der Waals surface area contributed by atoms with Crippen LogP contribution in [0.4, 0.5) is 34.6 Å². The van der Waals surface area contributed by atoms with E-state index >= 15 is 0 Å². The molecule has 5 rings (SSSR count). The third-order valence-corrected chi connectivity index (χ3v) is 11.5. The summed E-state index contributed by atoms with van der Waals surface area (Å²) in [7, 11) is -14.0. The molecule has 0 bridgehead atoms. The topological polar surface area (TPSA) is 351 Å². The molecule has 1 heterocycles. The van der Waals surface area contributed by atoms with Crippen molar-refractivity contribution in [3.8, 4) is 5.75 Å². The number of azo groups is 1. The number of hydrogen-bond acceptors (Lipinski definition) is 21. The summed E-state index contributed by atoms with van der Waals surface area (Å²) in [6, 6.07) is 18.8. The number of halogens is 1. The van der Waals surface area contributed by atoms with Gasteiger partial charge < -0.3 is 20.4 Å². The Labute approximate surface area is 360 Å². The van der Waals surface area contributed by atoms with Gasteiger partial charge in [0.15, 0.2) is 15.6 Å². The highest BCUT2D eigenvalue weighted by atomic mass is 35.5. The number of aromatic nitrogens is 3. The Morgan fingerprint density at radius 1 is 0.903 bits per heavy atom. The maximum atomic E-state index is 12.9. The number of benzene rings is 4. The predicted octanol–water partition coefficient (Wildman–Crippen LogP) is 5.66. The van der Waals surface area contributed by atoms with Crippen molar-refractivity contribution in [2.75, 3.05) is 34.5 Å². The highest BCUT2D eigenvalue weighted by Gasteiger charge is 2.23. The number of rotatable bonds is 19. The van der Waals surface area contributed by atoms with Gasteiger partial charge in [0.25, 0.3) is 10.1 Å². The average Bonchev–Trinajstić information content (AvgIpc) is 3.20. The van der Waals surface area contributed by atoms with Gasteiger partial charge in [-0.05, 0) is 67.1 Å². The lowest BCUT2D eigenvalue weighted by Crippen LogP contribution is -2.21. The Morgan fingerprint density at radius 3 is 2.31 bits per heavy atom. The standard InChI is InChI=1S/C33H30ClN9O15S4/c1-2-43(20-9-6-10-22(15-20)60(48,49)14-13-56-62(53,54)55)33-37-31(34)36-32(38-33)35-26-17-23(61(50,51)52)18-27(28(26)44)40-42-29(19-7-4-3-5-8-19)41-39-25-16-21(59-58-57-47)11-12-24(25)30(45)46/h3-12,15-18,39,44,47H,2,13-14H2,1H3,(H,45,46)(H,50,51,52)(H,53,54,55)(H,35,36,37,38)/b41-29-,42-40?. The molecular formula is C33H30ClN9O15S4. The first-order valence-electron chi connectivity index (χ1n) is 16.9. The fraction of sp³-hybridized carbons (Fsp3) is 0.121. The van der Waals surface area contributed by atoms with Gasteiger partial charge in [-0.3, -0.25) is 14.5 Å². The van der Waals surface area contributed by atoms with Crippen LogP contribution in [-0.2, 0) is 43.9 Å². The smallest absolute Gasteiger partial charge is 0.397 e. The first-order chi connectivity index (χ1) is 29.3. The molecular weight excluding hydrogens is 926 g/mol. The van der Waals surface area contributed by atoms with E-state index in [0.29, 0.717) is 17.6 Å². The number of anilines is 5. The molecule has 24 nitrogen and oxygen atoms in total. The number of phenolic OH excluding ortho intramolecular Hbond substituents is 1. The summed E-state index contributed by atoms with van der Waals surface area (Å²) in [4.78, 5) is 24.9. The first-order valence-corrected chi connectivity index (χ1v) is 22.4. The summed E-state index contributed by atoms with van der Waals surface area (Å²) in [5, 5.41) is 47.5. The number of hydrogen-bond donors (Lipinski definition) is 7. The molecule has 62 heavy (non-hydrogen) atoms. The molecule has 0 fully saturated rings. The first kappa shape index (κ1) is 47.1. The van der Waals surface area contributed by atoms with Gasteiger partial charge in [0.1, 0.15) is 5.69 Å². The van der Waals surface area contributed by atoms with Crippen molar-refractivity contribution in [1.82, 2.24) is 15.0 Å². The number of amidine groups is 1. The van der Waals surface area contributed by atoms with E-state index < -0.39 is 81.9 Å². The van der Waals surface area contributed by atoms with Crippen molar-refractivity contribution in [2.45, 2.75) is 21.6 Å². The molecule has 29 heteroatoms. The molecule has 5 aromatic rings.